The lowest BCUT2D eigenvalue weighted by atomic mass is 9.91. The quantitative estimate of drug-likeness (QED) is 0.466. The highest BCUT2D eigenvalue weighted by Crippen LogP contribution is 2.31. The minimum absolute atomic E-state index is 0.0631. The van der Waals surface area contributed by atoms with Crippen LogP contribution in [-0.4, -0.2) is 0 Å². The smallest absolute Gasteiger partial charge is 0.0670 e. The first-order valence-corrected chi connectivity index (χ1v) is 7.99. The predicted octanol–water partition coefficient (Wildman–Crippen LogP) is 4.89. The summed E-state index contributed by atoms with van der Waals surface area (Å²) >= 11 is 9.62. The molecule has 19 heavy (non-hydrogen) atoms. The molecule has 1 atom stereocenters. The zero-order valence-corrected chi connectivity index (χ0v) is 13.3. The number of benzene rings is 1. The van der Waals surface area contributed by atoms with Gasteiger partial charge in [-0.15, -0.1) is 0 Å². The van der Waals surface area contributed by atoms with Crippen LogP contribution >= 0.6 is 27.5 Å². The molecular formula is C15H20BrClN2. The Kier molecular flexibility index (Phi) is 5.89. The van der Waals surface area contributed by atoms with Crippen molar-refractivity contribution in [3.8, 4) is 0 Å². The molecule has 0 aromatic heterocycles. The summed E-state index contributed by atoms with van der Waals surface area (Å²) in [5.41, 5.74) is 5.45. The number of nitrogens with one attached hydrogen (secondary N) is 1. The lowest BCUT2D eigenvalue weighted by Gasteiger charge is -2.22. The first-order chi connectivity index (χ1) is 9.20. The van der Waals surface area contributed by atoms with Crippen LogP contribution in [0.3, 0.4) is 0 Å². The molecule has 1 aromatic carbocycles. The second kappa shape index (κ2) is 7.44. The van der Waals surface area contributed by atoms with Crippen molar-refractivity contribution in [2.24, 2.45) is 5.84 Å². The van der Waals surface area contributed by atoms with Crippen molar-refractivity contribution in [2.75, 3.05) is 0 Å². The predicted molar refractivity (Wildman–Crippen MR) is 85.0 cm³/mol. The standard InChI is InChI=1S/C15H20BrClN2/c16-13-8-12(9-14(17)10-13)15(19-18)11-6-4-2-1-3-5-7-11/h6,8-10,15,19H,1-5,7,18H2/b11-6+. The number of hydrazine groups is 1. The van der Waals surface area contributed by atoms with Gasteiger partial charge in [0.15, 0.2) is 0 Å². The van der Waals surface area contributed by atoms with Gasteiger partial charge >= 0.3 is 0 Å². The monoisotopic (exact) mass is 342 g/mol. The topological polar surface area (TPSA) is 38.0 Å². The molecule has 0 fully saturated rings. The van der Waals surface area contributed by atoms with E-state index in [0.29, 0.717) is 0 Å². The lowest BCUT2D eigenvalue weighted by molar-refractivity contribution is 0.555. The van der Waals surface area contributed by atoms with Gasteiger partial charge in [0.2, 0.25) is 0 Å². The molecule has 104 valence electrons. The van der Waals surface area contributed by atoms with Gasteiger partial charge in [0, 0.05) is 9.50 Å². The maximum absolute atomic E-state index is 6.13. The number of nitrogens with two attached hydrogens (primary N) is 1. The van der Waals surface area contributed by atoms with Crippen LogP contribution in [0.15, 0.2) is 34.3 Å². The Hall–Kier alpha value is -0.350. The van der Waals surface area contributed by atoms with Crippen LogP contribution in [0.25, 0.3) is 0 Å². The molecule has 0 spiro atoms. The van der Waals surface area contributed by atoms with Gasteiger partial charge in [0.25, 0.3) is 0 Å². The van der Waals surface area contributed by atoms with Crippen LogP contribution in [0.5, 0.6) is 0 Å². The van der Waals surface area contributed by atoms with Gasteiger partial charge in [-0.3, -0.25) is 5.84 Å². The molecule has 0 saturated carbocycles. The lowest BCUT2D eigenvalue weighted by Crippen LogP contribution is -2.29. The Balaban J connectivity index is 2.26. The van der Waals surface area contributed by atoms with Gasteiger partial charge in [-0.2, -0.15) is 0 Å². The fourth-order valence-electron chi connectivity index (χ4n) is 2.64. The van der Waals surface area contributed by atoms with Crippen LogP contribution in [0.2, 0.25) is 5.02 Å². The van der Waals surface area contributed by atoms with Crippen LogP contribution < -0.4 is 11.3 Å². The van der Waals surface area contributed by atoms with E-state index in [1.165, 1.54) is 31.3 Å². The maximum atomic E-state index is 6.13. The van der Waals surface area contributed by atoms with E-state index in [1.54, 1.807) is 0 Å². The normalized spacial score (nSPS) is 21.1. The summed E-state index contributed by atoms with van der Waals surface area (Å²) in [6, 6.07) is 6.02. The third-order valence-electron chi connectivity index (χ3n) is 3.58. The van der Waals surface area contributed by atoms with Crippen LogP contribution in [0.1, 0.15) is 50.1 Å². The highest BCUT2D eigenvalue weighted by Gasteiger charge is 2.16. The van der Waals surface area contributed by atoms with Gasteiger partial charge in [-0.25, -0.2) is 5.43 Å². The van der Waals surface area contributed by atoms with Gasteiger partial charge in [0.1, 0.15) is 0 Å². The highest BCUT2D eigenvalue weighted by atomic mass is 79.9. The number of hydrogen-bond donors (Lipinski definition) is 2. The molecule has 1 unspecified atom stereocenters. The Morgan fingerprint density at radius 3 is 2.68 bits per heavy atom. The maximum Gasteiger partial charge on any atom is 0.0670 e. The zero-order valence-electron chi connectivity index (χ0n) is 11.0. The van der Waals surface area contributed by atoms with Crippen LogP contribution in [-0.2, 0) is 0 Å². The highest BCUT2D eigenvalue weighted by molar-refractivity contribution is 9.10. The first-order valence-electron chi connectivity index (χ1n) is 6.82. The largest absolute Gasteiger partial charge is 0.271 e. The Morgan fingerprint density at radius 2 is 1.95 bits per heavy atom. The van der Waals surface area contributed by atoms with E-state index in [4.69, 9.17) is 17.4 Å². The third-order valence-corrected chi connectivity index (χ3v) is 4.26. The molecule has 0 amide bonds. The molecule has 2 rings (SSSR count). The Bertz CT molecular complexity index is 439. The number of allylic oxidation sites excluding steroid dienone is 1. The summed E-state index contributed by atoms with van der Waals surface area (Å²) in [6.45, 7) is 0. The SMILES string of the molecule is NNC(/C1=C/CCCCCC1)c1cc(Cl)cc(Br)c1. The minimum Gasteiger partial charge on any atom is -0.271 e. The van der Waals surface area contributed by atoms with Crippen molar-refractivity contribution in [1.29, 1.82) is 0 Å². The van der Waals surface area contributed by atoms with Crippen molar-refractivity contribution < 1.29 is 0 Å². The van der Waals surface area contributed by atoms with E-state index in [1.807, 2.05) is 12.1 Å². The fourth-order valence-corrected chi connectivity index (χ4v) is 3.52. The molecule has 3 N–H and O–H groups in total. The van der Waals surface area contributed by atoms with Crippen molar-refractivity contribution >= 4 is 27.5 Å². The zero-order chi connectivity index (χ0) is 13.7. The molecule has 0 radical (unpaired) electrons. The van der Waals surface area contributed by atoms with Gasteiger partial charge in [-0.1, -0.05) is 52.0 Å². The molecule has 1 aliphatic rings. The average Bonchev–Trinajstić information content (AvgIpc) is 2.31. The minimum atomic E-state index is 0.0631. The summed E-state index contributed by atoms with van der Waals surface area (Å²) in [5, 5.41) is 0.732. The van der Waals surface area contributed by atoms with Gasteiger partial charge < -0.3 is 0 Å². The van der Waals surface area contributed by atoms with E-state index in [0.717, 1.165) is 27.9 Å². The second-order valence-corrected chi connectivity index (χ2v) is 6.39. The van der Waals surface area contributed by atoms with E-state index < -0.39 is 0 Å². The Labute approximate surface area is 128 Å². The van der Waals surface area contributed by atoms with Crippen LogP contribution in [0.4, 0.5) is 0 Å². The van der Waals surface area contributed by atoms with Gasteiger partial charge in [-0.05, 0) is 49.4 Å². The first kappa shape index (κ1) is 15.0. The van der Waals surface area contributed by atoms with E-state index in [-0.39, 0.29) is 6.04 Å². The van der Waals surface area contributed by atoms with E-state index in [9.17, 15) is 0 Å². The summed E-state index contributed by atoms with van der Waals surface area (Å²) in [7, 11) is 0. The van der Waals surface area contributed by atoms with Crippen molar-refractivity contribution in [3.63, 3.8) is 0 Å². The number of hydrogen-bond acceptors (Lipinski definition) is 2. The molecule has 1 aromatic rings. The van der Waals surface area contributed by atoms with Crippen LogP contribution in [0, 0.1) is 0 Å². The number of rotatable bonds is 3. The summed E-state index contributed by atoms with van der Waals surface area (Å²) in [6.07, 6.45) is 9.78. The van der Waals surface area contributed by atoms with Crippen molar-refractivity contribution in [3.05, 3.63) is 44.9 Å². The third kappa shape index (κ3) is 4.32. The molecular weight excluding hydrogens is 324 g/mol. The second-order valence-electron chi connectivity index (χ2n) is 5.03. The van der Waals surface area contributed by atoms with Gasteiger partial charge in [0.05, 0.1) is 6.04 Å². The molecule has 0 saturated heterocycles. The molecule has 0 bridgehead atoms. The van der Waals surface area contributed by atoms with E-state index >= 15 is 0 Å². The van der Waals surface area contributed by atoms with E-state index in [2.05, 4.69) is 33.5 Å². The molecule has 1 aliphatic carbocycles. The molecule has 4 heteroatoms. The van der Waals surface area contributed by atoms with Crippen molar-refractivity contribution in [2.45, 2.75) is 44.6 Å². The Morgan fingerprint density at radius 1 is 1.16 bits per heavy atom. The summed E-state index contributed by atoms with van der Waals surface area (Å²) < 4.78 is 0.988. The average molecular weight is 344 g/mol. The molecule has 2 nitrogen and oxygen atoms in total. The summed E-state index contributed by atoms with van der Waals surface area (Å²) in [4.78, 5) is 0. The molecule has 0 heterocycles. The summed E-state index contributed by atoms with van der Waals surface area (Å²) in [5.74, 6) is 5.78. The van der Waals surface area contributed by atoms with Crippen molar-refractivity contribution in [1.82, 2.24) is 5.43 Å². The molecule has 0 aliphatic heterocycles. The fraction of sp³-hybridized carbons (Fsp3) is 0.467. The number of halogens is 2.